The van der Waals surface area contributed by atoms with Crippen LogP contribution in [0, 0.1) is 12.8 Å². The van der Waals surface area contributed by atoms with Gasteiger partial charge >= 0.3 is 0 Å². The monoisotopic (exact) mass is 254 g/mol. The van der Waals surface area contributed by atoms with Gasteiger partial charge in [-0.2, -0.15) is 0 Å². The highest BCUT2D eigenvalue weighted by Crippen LogP contribution is 2.32. The van der Waals surface area contributed by atoms with Gasteiger partial charge in [0.25, 0.3) is 5.91 Å². The summed E-state index contributed by atoms with van der Waals surface area (Å²) in [5, 5.41) is 0. The summed E-state index contributed by atoms with van der Waals surface area (Å²) in [5.41, 5.74) is 2.69. The average Bonchev–Trinajstić information content (AvgIpc) is 3.16. The van der Waals surface area contributed by atoms with Gasteiger partial charge in [-0.15, -0.1) is 0 Å². The molecule has 0 atom stereocenters. The number of H-pyrrole nitrogens is 1. The lowest BCUT2D eigenvalue weighted by molar-refractivity contribution is 0.0985. The molecule has 1 aromatic carbocycles. The molecule has 0 spiro atoms. The van der Waals surface area contributed by atoms with Crippen LogP contribution in [0.2, 0.25) is 0 Å². The van der Waals surface area contributed by atoms with E-state index in [1.165, 1.54) is 12.8 Å². The third-order valence-corrected chi connectivity index (χ3v) is 3.63. The molecule has 0 saturated heterocycles. The molecule has 1 saturated carbocycles. The molecule has 0 radical (unpaired) electrons. The second kappa shape index (κ2) is 4.92. The molecule has 2 aromatic rings. The van der Waals surface area contributed by atoms with E-state index in [0.29, 0.717) is 5.92 Å². The molecule has 1 amide bonds. The van der Waals surface area contributed by atoms with Crippen LogP contribution < -0.4 is 4.90 Å². The zero-order chi connectivity index (χ0) is 13.2. The molecule has 0 aliphatic heterocycles. The number of carbonyl (C=O) groups excluding carboxylic acids is 1. The topological polar surface area (TPSA) is 36.1 Å². The van der Waals surface area contributed by atoms with Crippen LogP contribution >= 0.6 is 0 Å². The summed E-state index contributed by atoms with van der Waals surface area (Å²) in [7, 11) is 0. The maximum atomic E-state index is 12.7. The lowest BCUT2D eigenvalue weighted by Gasteiger charge is -2.22. The summed E-state index contributed by atoms with van der Waals surface area (Å²) in [5.74, 6) is 0.764. The maximum Gasteiger partial charge on any atom is 0.260 e. The molecule has 3 nitrogen and oxygen atoms in total. The molecular weight excluding hydrogens is 236 g/mol. The van der Waals surface area contributed by atoms with E-state index in [-0.39, 0.29) is 5.91 Å². The van der Waals surface area contributed by atoms with Gasteiger partial charge in [-0.3, -0.25) is 4.79 Å². The Labute approximate surface area is 113 Å². The first-order chi connectivity index (χ1) is 9.25. The first kappa shape index (κ1) is 12.0. The number of aromatic amines is 1. The van der Waals surface area contributed by atoms with Crippen molar-refractivity contribution in [3.8, 4) is 0 Å². The highest BCUT2D eigenvalue weighted by molar-refractivity contribution is 6.06. The number of nitrogens with one attached hydrogen (secondary N) is 1. The zero-order valence-electron chi connectivity index (χ0n) is 11.1. The van der Waals surface area contributed by atoms with Crippen LogP contribution in [-0.4, -0.2) is 17.4 Å². The Balaban J connectivity index is 1.90. The number of benzene rings is 1. The molecule has 1 aliphatic rings. The fourth-order valence-electron chi connectivity index (χ4n) is 2.30. The van der Waals surface area contributed by atoms with Crippen molar-refractivity contribution in [1.82, 2.24) is 4.98 Å². The van der Waals surface area contributed by atoms with Crippen molar-refractivity contribution >= 4 is 11.6 Å². The number of hydrogen-bond donors (Lipinski definition) is 1. The molecule has 1 aromatic heterocycles. The number of aromatic nitrogens is 1. The fraction of sp³-hybridized carbons (Fsp3) is 0.312. The minimum Gasteiger partial charge on any atom is -0.365 e. The van der Waals surface area contributed by atoms with Gasteiger partial charge in [0, 0.05) is 24.1 Å². The molecule has 0 unspecified atom stereocenters. The second-order valence-electron chi connectivity index (χ2n) is 5.21. The Morgan fingerprint density at radius 3 is 2.58 bits per heavy atom. The molecule has 3 rings (SSSR count). The lowest BCUT2D eigenvalue weighted by Crippen LogP contribution is -2.33. The smallest absolute Gasteiger partial charge is 0.260 e. The summed E-state index contributed by atoms with van der Waals surface area (Å²) in [6, 6.07) is 11.8. The maximum absolute atomic E-state index is 12.7. The molecule has 3 heteroatoms. The van der Waals surface area contributed by atoms with Crippen LogP contribution in [0.4, 0.5) is 5.69 Å². The molecule has 1 fully saturated rings. The van der Waals surface area contributed by atoms with Crippen LogP contribution in [0.5, 0.6) is 0 Å². The molecule has 0 bridgehead atoms. The van der Waals surface area contributed by atoms with Crippen molar-refractivity contribution in [1.29, 1.82) is 0 Å². The summed E-state index contributed by atoms with van der Waals surface area (Å²) in [6.45, 7) is 2.76. The summed E-state index contributed by atoms with van der Waals surface area (Å²) < 4.78 is 0. The Morgan fingerprint density at radius 2 is 2.00 bits per heavy atom. The molecule has 1 N–H and O–H groups in total. The summed E-state index contributed by atoms with van der Waals surface area (Å²) in [4.78, 5) is 17.7. The fourth-order valence-corrected chi connectivity index (χ4v) is 2.30. The number of aryl methyl sites for hydroxylation is 1. The average molecular weight is 254 g/mol. The van der Waals surface area contributed by atoms with Crippen LogP contribution in [0.3, 0.4) is 0 Å². The van der Waals surface area contributed by atoms with Crippen LogP contribution in [0.25, 0.3) is 0 Å². The van der Waals surface area contributed by atoms with E-state index in [9.17, 15) is 4.79 Å². The summed E-state index contributed by atoms with van der Waals surface area (Å²) >= 11 is 0. The minimum atomic E-state index is 0.0943. The third-order valence-electron chi connectivity index (χ3n) is 3.63. The van der Waals surface area contributed by atoms with Crippen LogP contribution in [0.15, 0.2) is 42.6 Å². The van der Waals surface area contributed by atoms with E-state index in [0.717, 1.165) is 23.5 Å². The Kier molecular flexibility index (Phi) is 3.11. The Bertz CT molecular complexity index is 569. The van der Waals surface area contributed by atoms with Crippen molar-refractivity contribution < 1.29 is 4.79 Å². The van der Waals surface area contributed by atoms with Gasteiger partial charge in [0.05, 0.1) is 5.56 Å². The molecule has 1 heterocycles. The van der Waals surface area contributed by atoms with E-state index < -0.39 is 0 Å². The van der Waals surface area contributed by atoms with Crippen molar-refractivity contribution in [2.45, 2.75) is 19.8 Å². The highest BCUT2D eigenvalue weighted by atomic mass is 16.2. The van der Waals surface area contributed by atoms with Gasteiger partial charge in [-0.05, 0) is 43.9 Å². The first-order valence-electron chi connectivity index (χ1n) is 6.76. The number of anilines is 1. The van der Waals surface area contributed by atoms with Crippen molar-refractivity contribution in [3.05, 3.63) is 53.9 Å². The van der Waals surface area contributed by atoms with Crippen molar-refractivity contribution in [2.24, 2.45) is 5.92 Å². The Morgan fingerprint density at radius 1 is 1.26 bits per heavy atom. The Hall–Kier alpha value is -2.03. The minimum absolute atomic E-state index is 0.0943. The molecular formula is C16H18N2O. The lowest BCUT2D eigenvalue weighted by atomic mass is 10.2. The molecule has 1 aliphatic carbocycles. The number of hydrogen-bond acceptors (Lipinski definition) is 1. The SMILES string of the molecule is Cc1[nH]ccc1C(=O)N(CC1CC1)c1ccccc1. The predicted octanol–water partition coefficient (Wildman–Crippen LogP) is 3.38. The zero-order valence-corrected chi connectivity index (χ0v) is 11.1. The first-order valence-corrected chi connectivity index (χ1v) is 6.76. The van der Waals surface area contributed by atoms with Gasteiger partial charge in [-0.1, -0.05) is 18.2 Å². The van der Waals surface area contributed by atoms with Crippen molar-refractivity contribution in [2.75, 3.05) is 11.4 Å². The second-order valence-corrected chi connectivity index (χ2v) is 5.21. The molecule has 98 valence electrons. The number of nitrogens with zero attached hydrogens (tertiary/aromatic N) is 1. The van der Waals surface area contributed by atoms with Crippen LogP contribution in [0.1, 0.15) is 28.9 Å². The standard InChI is InChI=1S/C16H18N2O/c1-12-15(9-10-17-12)16(19)18(11-13-7-8-13)14-5-3-2-4-6-14/h2-6,9-10,13,17H,7-8,11H2,1H3. The number of amides is 1. The van der Waals surface area contributed by atoms with Gasteiger partial charge in [-0.25, -0.2) is 0 Å². The normalized spacial score (nSPS) is 14.4. The van der Waals surface area contributed by atoms with E-state index in [4.69, 9.17) is 0 Å². The highest BCUT2D eigenvalue weighted by Gasteiger charge is 2.28. The number of rotatable bonds is 4. The van der Waals surface area contributed by atoms with Gasteiger partial charge in [0.15, 0.2) is 0 Å². The number of para-hydroxylation sites is 1. The van der Waals surface area contributed by atoms with E-state index in [1.807, 2.05) is 54.4 Å². The van der Waals surface area contributed by atoms with E-state index in [2.05, 4.69) is 4.98 Å². The van der Waals surface area contributed by atoms with Gasteiger partial charge in [0.2, 0.25) is 0 Å². The quantitative estimate of drug-likeness (QED) is 0.892. The number of carbonyl (C=O) groups is 1. The largest absolute Gasteiger partial charge is 0.365 e. The third kappa shape index (κ3) is 2.55. The molecule has 19 heavy (non-hydrogen) atoms. The summed E-state index contributed by atoms with van der Waals surface area (Å²) in [6.07, 6.45) is 4.30. The van der Waals surface area contributed by atoms with Crippen molar-refractivity contribution in [3.63, 3.8) is 0 Å². The van der Waals surface area contributed by atoms with E-state index >= 15 is 0 Å². The van der Waals surface area contributed by atoms with E-state index in [1.54, 1.807) is 0 Å². The van der Waals surface area contributed by atoms with Gasteiger partial charge < -0.3 is 9.88 Å². The predicted molar refractivity (Wildman–Crippen MR) is 76.4 cm³/mol. The van der Waals surface area contributed by atoms with Gasteiger partial charge in [0.1, 0.15) is 0 Å². The van der Waals surface area contributed by atoms with Crippen LogP contribution in [-0.2, 0) is 0 Å².